The van der Waals surface area contributed by atoms with Crippen LogP contribution in [0.1, 0.15) is 32.6 Å². The van der Waals surface area contributed by atoms with Crippen LogP contribution in [0.2, 0.25) is 0 Å². The molecule has 186 valence electrons. The van der Waals surface area contributed by atoms with Crippen LogP contribution >= 0.6 is 0 Å². The van der Waals surface area contributed by atoms with Crippen LogP contribution < -0.4 is 10.1 Å². The maximum absolute atomic E-state index is 14.1. The van der Waals surface area contributed by atoms with Gasteiger partial charge in [-0.15, -0.1) is 0 Å². The van der Waals surface area contributed by atoms with E-state index in [0.717, 1.165) is 10.8 Å². The number of rotatable bonds is 5. The number of amides is 1. The van der Waals surface area contributed by atoms with Crippen molar-refractivity contribution in [3.63, 3.8) is 0 Å². The van der Waals surface area contributed by atoms with Crippen molar-refractivity contribution in [1.29, 1.82) is 0 Å². The molecule has 35 heavy (non-hydrogen) atoms. The fourth-order valence-electron chi connectivity index (χ4n) is 3.75. The van der Waals surface area contributed by atoms with Crippen molar-refractivity contribution in [1.82, 2.24) is 0 Å². The van der Waals surface area contributed by atoms with Gasteiger partial charge in [0.15, 0.2) is 29.6 Å². The van der Waals surface area contributed by atoms with Crippen molar-refractivity contribution in [3.05, 3.63) is 71.0 Å². The molecule has 1 aliphatic rings. The average molecular weight is 495 g/mol. The van der Waals surface area contributed by atoms with Crippen LogP contribution in [-0.4, -0.2) is 25.2 Å². The molecule has 0 unspecified atom stereocenters. The van der Waals surface area contributed by atoms with Gasteiger partial charge in [0, 0.05) is 16.5 Å². The number of fused-ring (bicyclic) bond motifs is 1. The van der Waals surface area contributed by atoms with Crippen LogP contribution in [0, 0.1) is 34.5 Å². The van der Waals surface area contributed by atoms with E-state index in [4.69, 9.17) is 14.2 Å². The molecule has 10 heteroatoms. The fourth-order valence-corrected chi connectivity index (χ4v) is 3.75. The first-order valence-corrected chi connectivity index (χ1v) is 10.8. The second-order valence-electron chi connectivity index (χ2n) is 8.78. The molecule has 0 saturated carbocycles. The molecule has 3 aromatic carbocycles. The van der Waals surface area contributed by atoms with Crippen LogP contribution in [0.4, 0.5) is 27.6 Å². The lowest BCUT2D eigenvalue weighted by atomic mass is 9.90. The zero-order chi connectivity index (χ0) is 25.5. The first kappa shape index (κ1) is 24.9. The van der Waals surface area contributed by atoms with Crippen LogP contribution in [0.5, 0.6) is 5.75 Å². The van der Waals surface area contributed by atoms with Crippen molar-refractivity contribution in [3.8, 4) is 5.75 Å². The molecule has 1 fully saturated rings. The summed E-state index contributed by atoms with van der Waals surface area (Å²) in [6.45, 7) is 4.50. The first-order chi connectivity index (χ1) is 16.5. The summed E-state index contributed by atoms with van der Waals surface area (Å²) < 4.78 is 85.0. The van der Waals surface area contributed by atoms with Gasteiger partial charge in [0.05, 0.1) is 30.3 Å². The van der Waals surface area contributed by atoms with Crippen LogP contribution in [0.25, 0.3) is 10.8 Å². The Bertz CT molecular complexity index is 1260. The molecule has 0 radical (unpaired) electrons. The van der Waals surface area contributed by atoms with Gasteiger partial charge in [-0.05, 0) is 32.9 Å². The van der Waals surface area contributed by atoms with Crippen molar-refractivity contribution in [2.45, 2.75) is 33.2 Å². The standard InChI is InChI=1S/C25H22F5NO4/c1-12(2)35-16-9-8-15(13-6-4-5-7-14(13)16)31-24(32)25(3)10-33-23(34-11-25)17-18(26)20(28)22(30)21(29)19(17)27/h4-9,12,23H,10-11H2,1-3H3,(H,31,32). The van der Waals surface area contributed by atoms with E-state index in [1.165, 1.54) is 6.92 Å². The Morgan fingerprint density at radius 1 is 0.914 bits per heavy atom. The Kier molecular flexibility index (Phi) is 6.70. The molecule has 0 aliphatic carbocycles. The van der Waals surface area contributed by atoms with E-state index in [2.05, 4.69) is 5.32 Å². The molecule has 1 heterocycles. The summed E-state index contributed by atoms with van der Waals surface area (Å²) >= 11 is 0. The average Bonchev–Trinajstić information content (AvgIpc) is 2.84. The summed E-state index contributed by atoms with van der Waals surface area (Å²) in [4.78, 5) is 13.1. The number of ether oxygens (including phenoxy) is 3. The highest BCUT2D eigenvalue weighted by Crippen LogP contribution is 2.38. The molecule has 0 aromatic heterocycles. The van der Waals surface area contributed by atoms with Gasteiger partial charge in [0.25, 0.3) is 0 Å². The summed E-state index contributed by atoms with van der Waals surface area (Å²) in [5.41, 5.74) is -2.06. The van der Waals surface area contributed by atoms with Crippen LogP contribution in [0.3, 0.4) is 0 Å². The lowest BCUT2D eigenvalue weighted by molar-refractivity contribution is -0.228. The summed E-state index contributed by atoms with van der Waals surface area (Å²) in [7, 11) is 0. The zero-order valence-corrected chi connectivity index (χ0v) is 19.1. The number of carbonyl (C=O) groups excluding carboxylic acids is 1. The predicted molar refractivity (Wildman–Crippen MR) is 117 cm³/mol. The minimum atomic E-state index is -2.28. The van der Waals surface area contributed by atoms with E-state index >= 15 is 0 Å². The molecule has 0 atom stereocenters. The molecule has 1 amide bonds. The first-order valence-electron chi connectivity index (χ1n) is 10.8. The zero-order valence-electron chi connectivity index (χ0n) is 19.1. The van der Waals surface area contributed by atoms with Gasteiger partial charge in [-0.1, -0.05) is 24.3 Å². The molecule has 5 nitrogen and oxygen atoms in total. The smallest absolute Gasteiger partial charge is 0.235 e. The summed E-state index contributed by atoms with van der Waals surface area (Å²) in [5, 5.41) is 4.31. The number of hydrogen-bond acceptors (Lipinski definition) is 4. The third-order valence-electron chi connectivity index (χ3n) is 5.63. The maximum Gasteiger partial charge on any atom is 0.235 e. The molecule has 3 aromatic rings. The van der Waals surface area contributed by atoms with Crippen molar-refractivity contribution >= 4 is 22.4 Å². The normalized spacial score (nSPS) is 20.3. The highest BCUT2D eigenvalue weighted by atomic mass is 19.2. The molecule has 1 N–H and O–H groups in total. The Balaban J connectivity index is 1.54. The Hall–Kier alpha value is -3.24. The van der Waals surface area contributed by atoms with E-state index in [1.807, 2.05) is 32.0 Å². The maximum atomic E-state index is 14.1. The SMILES string of the molecule is CC(C)Oc1ccc(NC(=O)C2(C)COC(c3c(F)c(F)c(F)c(F)c3F)OC2)c2ccccc12. The monoisotopic (exact) mass is 495 g/mol. The number of carbonyl (C=O) groups is 1. The van der Waals surface area contributed by atoms with Crippen molar-refractivity contribution in [2.75, 3.05) is 18.5 Å². The number of benzene rings is 3. The number of anilines is 1. The van der Waals surface area contributed by atoms with Gasteiger partial charge < -0.3 is 19.5 Å². The quantitative estimate of drug-likeness (QED) is 0.268. The second-order valence-corrected chi connectivity index (χ2v) is 8.78. The topological polar surface area (TPSA) is 56.8 Å². The van der Waals surface area contributed by atoms with Gasteiger partial charge in [-0.25, -0.2) is 22.0 Å². The fraction of sp³-hybridized carbons (Fsp3) is 0.320. The van der Waals surface area contributed by atoms with Gasteiger partial charge >= 0.3 is 0 Å². The summed E-state index contributed by atoms with van der Waals surface area (Å²) in [6, 6.07) is 10.7. The van der Waals surface area contributed by atoms with Gasteiger partial charge in [0.2, 0.25) is 11.7 Å². The Morgan fingerprint density at radius 3 is 2.03 bits per heavy atom. The lowest BCUT2D eigenvalue weighted by Crippen LogP contribution is -2.46. The number of halogens is 5. The minimum Gasteiger partial charge on any atom is -0.490 e. The van der Waals surface area contributed by atoms with Crippen LogP contribution in [0.15, 0.2) is 36.4 Å². The third kappa shape index (κ3) is 4.55. The molecular weight excluding hydrogens is 473 g/mol. The van der Waals surface area contributed by atoms with E-state index in [1.54, 1.807) is 18.2 Å². The lowest BCUT2D eigenvalue weighted by Gasteiger charge is -2.36. The third-order valence-corrected chi connectivity index (χ3v) is 5.63. The van der Waals surface area contributed by atoms with Crippen molar-refractivity contribution < 1.29 is 41.0 Å². The highest BCUT2D eigenvalue weighted by molar-refractivity contribution is 6.05. The largest absolute Gasteiger partial charge is 0.490 e. The molecule has 4 rings (SSSR count). The molecule has 1 aliphatic heterocycles. The van der Waals surface area contributed by atoms with Gasteiger partial charge in [-0.2, -0.15) is 0 Å². The van der Waals surface area contributed by atoms with Crippen LogP contribution in [-0.2, 0) is 14.3 Å². The minimum absolute atomic E-state index is 0.0556. The summed E-state index contributed by atoms with van der Waals surface area (Å²) in [6.07, 6.45) is -1.92. The van der Waals surface area contributed by atoms with E-state index < -0.39 is 65.5 Å². The van der Waals surface area contributed by atoms with E-state index in [-0.39, 0.29) is 6.10 Å². The predicted octanol–water partition coefficient (Wildman–Crippen LogP) is 6.01. The van der Waals surface area contributed by atoms with Gasteiger partial charge in [0.1, 0.15) is 5.75 Å². The highest BCUT2D eigenvalue weighted by Gasteiger charge is 2.42. The number of nitrogens with one attached hydrogen (secondary N) is 1. The Morgan fingerprint density at radius 2 is 1.46 bits per heavy atom. The van der Waals surface area contributed by atoms with Crippen molar-refractivity contribution in [2.24, 2.45) is 5.41 Å². The van der Waals surface area contributed by atoms with E-state index in [0.29, 0.717) is 11.4 Å². The number of hydrogen-bond donors (Lipinski definition) is 1. The molecule has 0 spiro atoms. The molecule has 0 bridgehead atoms. The van der Waals surface area contributed by atoms with Gasteiger partial charge in [-0.3, -0.25) is 4.79 Å². The second kappa shape index (κ2) is 9.43. The molecule has 1 saturated heterocycles. The summed E-state index contributed by atoms with van der Waals surface area (Å²) in [5.74, 6) is -10.4. The van der Waals surface area contributed by atoms with E-state index in [9.17, 15) is 26.7 Å². The Labute approximate surface area is 197 Å². The molecular formula is C25H22F5NO4.